The molecule has 3 rings (SSSR count). The summed E-state index contributed by atoms with van der Waals surface area (Å²) in [5.41, 5.74) is -0.0132. The largest absolute Gasteiger partial charge is 0.417 e. The highest BCUT2D eigenvalue weighted by Crippen LogP contribution is 2.41. The van der Waals surface area contributed by atoms with Gasteiger partial charge in [-0.05, 0) is 62.4 Å². The van der Waals surface area contributed by atoms with Crippen LogP contribution in [0, 0.1) is 13.8 Å². The first-order valence-corrected chi connectivity index (χ1v) is 11.0. The Balaban J connectivity index is 2.09. The van der Waals surface area contributed by atoms with Gasteiger partial charge < -0.3 is 4.74 Å². The van der Waals surface area contributed by atoms with E-state index in [1.807, 2.05) is 19.9 Å². The van der Waals surface area contributed by atoms with Gasteiger partial charge in [-0.2, -0.15) is 13.2 Å². The van der Waals surface area contributed by atoms with Gasteiger partial charge in [0.1, 0.15) is 0 Å². The van der Waals surface area contributed by atoms with Crippen LogP contribution in [0.15, 0.2) is 29.2 Å². The minimum Gasteiger partial charge on any atom is -0.381 e. The molecular weight excluding hydrogens is 397 g/mol. The van der Waals surface area contributed by atoms with Crippen LogP contribution in [0.5, 0.6) is 0 Å². The second kappa shape index (κ2) is 7.22. The molecule has 1 aromatic carbocycles. The quantitative estimate of drug-likeness (QED) is 0.668. The van der Waals surface area contributed by atoms with Crippen molar-refractivity contribution in [3.63, 3.8) is 0 Å². The monoisotopic (exact) mass is 418 g/mol. The van der Waals surface area contributed by atoms with Gasteiger partial charge in [0, 0.05) is 16.9 Å². The molecule has 0 amide bonds. The lowest BCUT2D eigenvalue weighted by molar-refractivity contribution is -0.139. The Labute approximate surface area is 161 Å². The van der Waals surface area contributed by atoms with Crippen molar-refractivity contribution in [3.8, 4) is 11.1 Å². The number of hydrogen-bond donors (Lipinski definition) is 0. The Bertz CT molecular complexity index is 946. The van der Waals surface area contributed by atoms with Gasteiger partial charge in [0.15, 0.2) is 9.84 Å². The number of hydrogen-bond acceptors (Lipinski definition) is 4. The van der Waals surface area contributed by atoms with Gasteiger partial charge in [-0.3, -0.25) is 0 Å². The van der Waals surface area contributed by atoms with Gasteiger partial charge in [-0.1, -0.05) is 6.07 Å². The Morgan fingerprint density at radius 3 is 2.37 bits per heavy atom. The predicted octanol–water partition coefficient (Wildman–Crippen LogP) is 5.39. The summed E-state index contributed by atoms with van der Waals surface area (Å²) in [7, 11) is -2.61. The average Bonchev–Trinajstić information content (AvgIpc) is 3.20. The highest BCUT2D eigenvalue weighted by molar-refractivity contribution is 7.92. The third-order valence-corrected chi connectivity index (χ3v) is 8.29. The zero-order chi connectivity index (χ0) is 20.0. The molecule has 1 aliphatic carbocycles. The third-order valence-electron chi connectivity index (χ3n) is 5.05. The van der Waals surface area contributed by atoms with E-state index in [4.69, 9.17) is 4.74 Å². The molecule has 0 unspecified atom stereocenters. The van der Waals surface area contributed by atoms with Crippen molar-refractivity contribution in [2.45, 2.75) is 55.5 Å². The summed E-state index contributed by atoms with van der Waals surface area (Å²) < 4.78 is 72.2. The Morgan fingerprint density at radius 1 is 1.15 bits per heavy atom. The third kappa shape index (κ3) is 3.93. The van der Waals surface area contributed by atoms with E-state index in [1.54, 1.807) is 0 Å². The van der Waals surface area contributed by atoms with Crippen molar-refractivity contribution in [2.75, 3.05) is 7.11 Å². The second-order valence-electron chi connectivity index (χ2n) is 6.87. The minimum absolute atomic E-state index is 0.223. The Kier molecular flexibility index (Phi) is 5.44. The first-order valence-electron chi connectivity index (χ1n) is 8.59. The maximum absolute atomic E-state index is 13.7. The number of rotatable bonds is 4. The Hall–Kier alpha value is -1.38. The van der Waals surface area contributed by atoms with Gasteiger partial charge in [0.05, 0.1) is 21.8 Å². The molecule has 0 bridgehead atoms. The van der Waals surface area contributed by atoms with Crippen LogP contribution in [-0.4, -0.2) is 26.9 Å². The van der Waals surface area contributed by atoms with Crippen LogP contribution in [0.25, 0.3) is 11.1 Å². The highest BCUT2D eigenvalue weighted by atomic mass is 32.2. The molecular formula is C19H21F3O3S2. The lowest BCUT2D eigenvalue weighted by Gasteiger charge is -2.18. The van der Waals surface area contributed by atoms with Crippen LogP contribution < -0.4 is 0 Å². The molecule has 1 aliphatic rings. The van der Waals surface area contributed by atoms with Crippen LogP contribution in [0.1, 0.15) is 34.6 Å². The van der Waals surface area contributed by atoms with Crippen LogP contribution >= 0.6 is 11.3 Å². The molecule has 1 saturated carbocycles. The molecule has 1 aromatic heterocycles. The molecule has 1 fully saturated rings. The average molecular weight is 419 g/mol. The fraction of sp³-hybridized carbons (Fsp3) is 0.474. The zero-order valence-corrected chi connectivity index (χ0v) is 16.9. The first kappa shape index (κ1) is 20.4. The Morgan fingerprint density at radius 2 is 1.85 bits per heavy atom. The van der Waals surface area contributed by atoms with Crippen LogP contribution in [0.2, 0.25) is 0 Å². The number of thiophene rings is 1. The molecule has 3 nitrogen and oxygen atoms in total. The summed E-state index contributed by atoms with van der Waals surface area (Å²) in [6.45, 7) is 3.73. The van der Waals surface area contributed by atoms with Crippen LogP contribution in [0.4, 0.5) is 13.2 Å². The fourth-order valence-electron chi connectivity index (χ4n) is 3.66. The standard InChI is InChI=1S/C19H21F3O3S2/c1-11-8-16(12(2)26-11)13-4-7-18(17(9-13)19(20,21)22)27(23,24)15-6-5-14(10-15)25-3/h4,7-9,14-15H,5-6,10H2,1-3H3/t14-,15-/m1/s1. The molecule has 0 spiro atoms. The number of methoxy groups -OCH3 is 1. The maximum atomic E-state index is 13.7. The molecule has 1 heterocycles. The number of alkyl halides is 3. The molecule has 0 aliphatic heterocycles. The van der Waals surface area contributed by atoms with E-state index in [1.165, 1.54) is 24.5 Å². The summed E-state index contributed by atoms with van der Waals surface area (Å²) in [6.07, 6.45) is -3.91. The molecule has 27 heavy (non-hydrogen) atoms. The number of halogens is 3. The van der Waals surface area contributed by atoms with E-state index in [9.17, 15) is 21.6 Å². The fourth-order valence-corrected chi connectivity index (χ4v) is 6.62. The van der Waals surface area contributed by atoms with Gasteiger partial charge in [0.25, 0.3) is 0 Å². The van der Waals surface area contributed by atoms with E-state index in [-0.39, 0.29) is 12.5 Å². The van der Waals surface area contributed by atoms with Crippen molar-refractivity contribution in [1.82, 2.24) is 0 Å². The molecule has 0 radical (unpaired) electrons. The van der Waals surface area contributed by atoms with Gasteiger partial charge in [-0.25, -0.2) is 8.42 Å². The molecule has 0 N–H and O–H groups in total. The molecule has 2 aromatic rings. The van der Waals surface area contributed by atoms with E-state index in [0.717, 1.165) is 21.9 Å². The van der Waals surface area contributed by atoms with Crippen LogP contribution in [-0.2, 0) is 20.8 Å². The van der Waals surface area contributed by atoms with E-state index in [2.05, 4.69) is 0 Å². The maximum Gasteiger partial charge on any atom is 0.417 e. The first-order chi connectivity index (χ1) is 12.5. The molecule has 8 heteroatoms. The number of aryl methyl sites for hydroxylation is 2. The van der Waals surface area contributed by atoms with E-state index < -0.39 is 31.7 Å². The van der Waals surface area contributed by atoms with E-state index >= 15 is 0 Å². The molecule has 148 valence electrons. The smallest absolute Gasteiger partial charge is 0.381 e. The van der Waals surface area contributed by atoms with Crippen molar-refractivity contribution in [1.29, 1.82) is 0 Å². The zero-order valence-electron chi connectivity index (χ0n) is 15.3. The summed E-state index contributed by atoms with van der Waals surface area (Å²) in [6, 6.07) is 5.37. The number of ether oxygens (including phenoxy) is 1. The van der Waals surface area contributed by atoms with Gasteiger partial charge >= 0.3 is 6.18 Å². The predicted molar refractivity (Wildman–Crippen MR) is 99.9 cm³/mol. The van der Waals surface area contributed by atoms with Crippen molar-refractivity contribution < 1.29 is 26.3 Å². The van der Waals surface area contributed by atoms with Crippen LogP contribution in [0.3, 0.4) is 0 Å². The second-order valence-corrected chi connectivity index (χ2v) is 10.5. The lowest BCUT2D eigenvalue weighted by atomic mass is 10.0. The van der Waals surface area contributed by atoms with E-state index in [0.29, 0.717) is 24.0 Å². The van der Waals surface area contributed by atoms with Crippen molar-refractivity contribution in [3.05, 3.63) is 39.6 Å². The summed E-state index contributed by atoms with van der Waals surface area (Å²) >= 11 is 1.50. The summed E-state index contributed by atoms with van der Waals surface area (Å²) in [4.78, 5) is 1.25. The normalized spacial score (nSPS) is 21.0. The minimum atomic E-state index is -4.75. The topological polar surface area (TPSA) is 43.4 Å². The number of benzene rings is 1. The molecule has 0 saturated heterocycles. The number of sulfone groups is 1. The SMILES string of the molecule is CO[C@@H]1CC[C@@H](S(=O)(=O)c2ccc(-c3cc(C)sc3C)cc2C(F)(F)F)C1. The highest BCUT2D eigenvalue weighted by Gasteiger charge is 2.42. The summed E-state index contributed by atoms with van der Waals surface area (Å²) in [5.74, 6) is 0. The summed E-state index contributed by atoms with van der Waals surface area (Å²) in [5, 5.41) is -0.848. The van der Waals surface area contributed by atoms with Crippen molar-refractivity contribution >= 4 is 21.2 Å². The van der Waals surface area contributed by atoms with Gasteiger partial charge in [0.2, 0.25) is 0 Å². The van der Waals surface area contributed by atoms with Crippen molar-refractivity contribution in [2.24, 2.45) is 0 Å². The molecule has 2 atom stereocenters. The lowest BCUT2D eigenvalue weighted by Crippen LogP contribution is -2.23. The van der Waals surface area contributed by atoms with Gasteiger partial charge in [-0.15, -0.1) is 11.3 Å².